The Bertz CT molecular complexity index is 453. The first kappa shape index (κ1) is 14.4. The third-order valence-corrected chi connectivity index (χ3v) is 3.31. The molecule has 1 aromatic rings. The van der Waals surface area contributed by atoms with Crippen molar-refractivity contribution < 1.29 is 19.8 Å². The number of thiophene rings is 1. The van der Waals surface area contributed by atoms with E-state index in [4.69, 9.17) is 10.2 Å². The molecule has 98 valence electrons. The van der Waals surface area contributed by atoms with Gasteiger partial charge in [-0.05, 0) is 25.1 Å². The van der Waals surface area contributed by atoms with Gasteiger partial charge in [0.25, 0.3) is 5.91 Å². The standard InChI is InChI=1S/C12H15NO4S/c1-2-13(7-8-14)12(17)10-5-3-9(18-10)4-6-11(15)16/h3-6,14H,2,7-8H2,1H3,(H,15,16)/b6-4+. The van der Waals surface area contributed by atoms with Gasteiger partial charge in [-0.25, -0.2) is 4.79 Å². The van der Waals surface area contributed by atoms with E-state index in [9.17, 15) is 9.59 Å². The molecule has 0 aromatic carbocycles. The predicted molar refractivity (Wildman–Crippen MR) is 69.7 cm³/mol. The topological polar surface area (TPSA) is 77.8 Å². The van der Waals surface area contributed by atoms with Crippen LogP contribution in [0.1, 0.15) is 21.5 Å². The van der Waals surface area contributed by atoms with E-state index < -0.39 is 5.97 Å². The molecule has 0 unspecified atom stereocenters. The molecule has 1 heterocycles. The molecule has 0 radical (unpaired) electrons. The number of nitrogens with zero attached hydrogens (tertiary/aromatic N) is 1. The highest BCUT2D eigenvalue weighted by Gasteiger charge is 2.15. The minimum atomic E-state index is -1.02. The van der Waals surface area contributed by atoms with Gasteiger partial charge in [0, 0.05) is 24.0 Å². The third kappa shape index (κ3) is 3.97. The summed E-state index contributed by atoms with van der Waals surface area (Å²) in [6, 6.07) is 3.36. The fraction of sp³-hybridized carbons (Fsp3) is 0.333. The van der Waals surface area contributed by atoms with Crippen LogP contribution in [0, 0.1) is 0 Å². The molecule has 0 aliphatic rings. The van der Waals surface area contributed by atoms with Crippen molar-refractivity contribution in [2.45, 2.75) is 6.92 Å². The molecule has 0 atom stereocenters. The lowest BCUT2D eigenvalue weighted by atomic mass is 10.3. The van der Waals surface area contributed by atoms with Gasteiger partial charge in [0.2, 0.25) is 0 Å². The van der Waals surface area contributed by atoms with Gasteiger partial charge >= 0.3 is 5.97 Å². The minimum Gasteiger partial charge on any atom is -0.478 e. The first-order valence-corrected chi connectivity index (χ1v) is 6.31. The average Bonchev–Trinajstić information content (AvgIpc) is 2.81. The van der Waals surface area contributed by atoms with E-state index in [-0.39, 0.29) is 12.5 Å². The first-order chi connectivity index (χ1) is 8.58. The lowest BCUT2D eigenvalue weighted by Crippen LogP contribution is -2.32. The Morgan fingerprint density at radius 2 is 2.17 bits per heavy atom. The first-order valence-electron chi connectivity index (χ1n) is 5.49. The molecule has 18 heavy (non-hydrogen) atoms. The zero-order valence-electron chi connectivity index (χ0n) is 10.00. The molecule has 0 fully saturated rings. The zero-order valence-corrected chi connectivity index (χ0v) is 10.8. The van der Waals surface area contributed by atoms with Gasteiger partial charge in [-0.1, -0.05) is 0 Å². The van der Waals surface area contributed by atoms with E-state index in [0.717, 1.165) is 6.08 Å². The summed E-state index contributed by atoms with van der Waals surface area (Å²) < 4.78 is 0. The molecule has 5 nitrogen and oxygen atoms in total. The maximum absolute atomic E-state index is 12.0. The average molecular weight is 269 g/mol. The molecule has 0 saturated heterocycles. The summed E-state index contributed by atoms with van der Waals surface area (Å²) in [6.07, 6.45) is 2.48. The lowest BCUT2D eigenvalue weighted by Gasteiger charge is -2.18. The maximum Gasteiger partial charge on any atom is 0.328 e. The summed E-state index contributed by atoms with van der Waals surface area (Å²) in [5, 5.41) is 17.3. The van der Waals surface area contributed by atoms with E-state index in [0.29, 0.717) is 22.8 Å². The number of carboxylic acid groups (broad SMARTS) is 1. The predicted octanol–water partition coefficient (Wildman–Crippen LogP) is 1.30. The molecule has 0 aliphatic heterocycles. The second-order valence-electron chi connectivity index (χ2n) is 3.48. The van der Waals surface area contributed by atoms with Crippen LogP contribution in [0.4, 0.5) is 0 Å². The van der Waals surface area contributed by atoms with Gasteiger partial charge in [0.05, 0.1) is 11.5 Å². The van der Waals surface area contributed by atoms with Gasteiger partial charge in [0.1, 0.15) is 0 Å². The fourth-order valence-corrected chi connectivity index (χ4v) is 2.27. The fourth-order valence-electron chi connectivity index (χ4n) is 1.39. The minimum absolute atomic E-state index is 0.0727. The van der Waals surface area contributed by atoms with Crippen molar-refractivity contribution in [2.24, 2.45) is 0 Å². The molecule has 0 saturated carbocycles. The number of carbonyl (C=O) groups is 2. The number of hydrogen-bond acceptors (Lipinski definition) is 4. The van der Waals surface area contributed by atoms with Crippen molar-refractivity contribution >= 4 is 29.3 Å². The second kappa shape index (κ2) is 6.93. The number of aliphatic hydroxyl groups is 1. The Morgan fingerprint density at radius 1 is 1.44 bits per heavy atom. The van der Waals surface area contributed by atoms with E-state index in [1.807, 2.05) is 6.92 Å². The van der Waals surface area contributed by atoms with Crippen LogP contribution < -0.4 is 0 Å². The summed E-state index contributed by atoms with van der Waals surface area (Å²) in [6.45, 7) is 2.59. The van der Waals surface area contributed by atoms with Gasteiger partial charge in [-0.15, -0.1) is 11.3 Å². The number of aliphatic carboxylic acids is 1. The van der Waals surface area contributed by atoms with Crippen LogP contribution in [0.25, 0.3) is 6.08 Å². The molecular formula is C12H15NO4S. The Hall–Kier alpha value is -1.66. The SMILES string of the molecule is CCN(CCO)C(=O)c1ccc(/C=C/C(=O)O)s1. The van der Waals surface area contributed by atoms with Gasteiger partial charge in [0.15, 0.2) is 0 Å². The smallest absolute Gasteiger partial charge is 0.328 e. The zero-order chi connectivity index (χ0) is 13.5. The van der Waals surface area contributed by atoms with Crippen LogP contribution >= 0.6 is 11.3 Å². The molecule has 0 bridgehead atoms. The van der Waals surface area contributed by atoms with E-state index in [1.54, 1.807) is 12.1 Å². The summed E-state index contributed by atoms with van der Waals surface area (Å²) >= 11 is 1.23. The Balaban J connectivity index is 2.78. The second-order valence-corrected chi connectivity index (χ2v) is 4.60. The Kier molecular flexibility index (Phi) is 5.54. The van der Waals surface area contributed by atoms with Crippen LogP contribution in [0.3, 0.4) is 0 Å². The summed E-state index contributed by atoms with van der Waals surface area (Å²) in [7, 11) is 0. The van der Waals surface area contributed by atoms with Crippen LogP contribution in [-0.2, 0) is 4.79 Å². The molecule has 1 rings (SSSR count). The molecule has 2 N–H and O–H groups in total. The number of rotatable bonds is 6. The third-order valence-electron chi connectivity index (χ3n) is 2.27. The molecule has 6 heteroatoms. The summed E-state index contributed by atoms with van der Waals surface area (Å²) in [4.78, 5) is 25.2. The van der Waals surface area contributed by atoms with E-state index >= 15 is 0 Å². The number of amides is 1. The highest BCUT2D eigenvalue weighted by atomic mass is 32.1. The van der Waals surface area contributed by atoms with Gasteiger partial charge < -0.3 is 15.1 Å². The Labute approximate surface area is 109 Å². The van der Waals surface area contributed by atoms with E-state index in [2.05, 4.69) is 0 Å². The largest absolute Gasteiger partial charge is 0.478 e. The quantitative estimate of drug-likeness (QED) is 0.763. The van der Waals surface area contributed by atoms with Gasteiger partial charge in [-0.3, -0.25) is 4.79 Å². The number of carbonyl (C=O) groups excluding carboxylic acids is 1. The molecule has 1 aromatic heterocycles. The van der Waals surface area contributed by atoms with Crippen molar-refractivity contribution in [3.8, 4) is 0 Å². The van der Waals surface area contributed by atoms with Crippen LogP contribution in [-0.4, -0.2) is 46.7 Å². The number of carboxylic acids is 1. The molecule has 1 amide bonds. The molecule has 0 aliphatic carbocycles. The summed E-state index contributed by atoms with van der Waals surface area (Å²) in [5.41, 5.74) is 0. The normalized spacial score (nSPS) is 10.8. The van der Waals surface area contributed by atoms with Gasteiger partial charge in [-0.2, -0.15) is 0 Å². The highest BCUT2D eigenvalue weighted by Crippen LogP contribution is 2.19. The molecular weight excluding hydrogens is 254 g/mol. The number of aliphatic hydroxyl groups excluding tert-OH is 1. The van der Waals surface area contributed by atoms with Crippen LogP contribution in [0.15, 0.2) is 18.2 Å². The van der Waals surface area contributed by atoms with Crippen molar-refractivity contribution in [3.05, 3.63) is 28.0 Å². The lowest BCUT2D eigenvalue weighted by molar-refractivity contribution is -0.131. The number of likely N-dealkylation sites (N-methyl/N-ethyl adjacent to an activating group) is 1. The Morgan fingerprint density at radius 3 is 2.72 bits per heavy atom. The van der Waals surface area contributed by atoms with Crippen molar-refractivity contribution in [1.29, 1.82) is 0 Å². The van der Waals surface area contributed by atoms with Crippen molar-refractivity contribution in [1.82, 2.24) is 4.90 Å². The van der Waals surface area contributed by atoms with Crippen molar-refractivity contribution in [2.75, 3.05) is 19.7 Å². The highest BCUT2D eigenvalue weighted by molar-refractivity contribution is 7.14. The number of hydrogen-bond donors (Lipinski definition) is 2. The maximum atomic E-state index is 12.0. The molecule has 0 spiro atoms. The summed E-state index contributed by atoms with van der Waals surface area (Å²) in [5.74, 6) is -1.17. The van der Waals surface area contributed by atoms with E-state index in [1.165, 1.54) is 22.3 Å². The van der Waals surface area contributed by atoms with Crippen LogP contribution in [0.5, 0.6) is 0 Å². The monoisotopic (exact) mass is 269 g/mol. The van der Waals surface area contributed by atoms with Crippen molar-refractivity contribution in [3.63, 3.8) is 0 Å². The van der Waals surface area contributed by atoms with Crippen LogP contribution in [0.2, 0.25) is 0 Å².